The maximum atomic E-state index is 5.33. The van der Waals surface area contributed by atoms with Crippen LogP contribution in [-0.4, -0.2) is 9.97 Å². The average molecular weight is 304 g/mol. The van der Waals surface area contributed by atoms with Crippen LogP contribution in [0.5, 0.6) is 0 Å². The maximum absolute atomic E-state index is 5.33. The first-order chi connectivity index (χ1) is 6.25. The fraction of sp³-hybridized carbons (Fsp3) is 0. The molecule has 5 heteroatoms. The van der Waals surface area contributed by atoms with Crippen LogP contribution in [0, 0.1) is 0 Å². The number of rotatable bonds is 1. The molecule has 13 heavy (non-hydrogen) atoms. The second-order valence-corrected chi connectivity index (χ2v) is 3.92. The van der Waals surface area contributed by atoms with Crippen molar-refractivity contribution in [2.24, 2.45) is 0 Å². The van der Waals surface area contributed by atoms with E-state index in [0.29, 0.717) is 4.67 Å². The lowest BCUT2D eigenvalue weighted by molar-refractivity contribution is 0.553. The maximum Gasteiger partial charge on any atom is 0.169 e. The first kappa shape index (κ1) is 8.90. The van der Waals surface area contributed by atoms with Gasteiger partial charge in [-0.25, -0.2) is 9.97 Å². The molecule has 0 aliphatic rings. The van der Waals surface area contributed by atoms with E-state index in [1.54, 1.807) is 6.07 Å². The predicted octanol–water partition coefficient (Wildman–Crippen LogP) is 3.26. The average Bonchev–Trinajstić information content (AvgIpc) is 2.52. The summed E-state index contributed by atoms with van der Waals surface area (Å²) in [6.45, 7) is 0. The molecule has 0 atom stereocenters. The Balaban J connectivity index is 2.46. The molecule has 66 valence electrons. The van der Waals surface area contributed by atoms with E-state index in [4.69, 9.17) is 4.42 Å². The van der Waals surface area contributed by atoms with Crippen LogP contribution in [-0.2, 0) is 0 Å². The summed E-state index contributed by atoms with van der Waals surface area (Å²) in [4.78, 5) is 7.99. The van der Waals surface area contributed by atoms with Crippen LogP contribution in [0.25, 0.3) is 11.5 Å². The van der Waals surface area contributed by atoms with Gasteiger partial charge in [-0.1, -0.05) is 0 Å². The molecular formula is C8H4Br2N2O. The van der Waals surface area contributed by atoms with Crippen molar-refractivity contribution >= 4 is 31.9 Å². The summed E-state index contributed by atoms with van der Waals surface area (Å²) in [5, 5.41) is 0. The smallest absolute Gasteiger partial charge is 0.169 e. The summed E-state index contributed by atoms with van der Waals surface area (Å²) in [7, 11) is 0. The number of hydrogen-bond donors (Lipinski definition) is 0. The Morgan fingerprint density at radius 3 is 2.62 bits per heavy atom. The number of halogens is 2. The van der Waals surface area contributed by atoms with Gasteiger partial charge in [0.05, 0.1) is 0 Å². The zero-order valence-corrected chi connectivity index (χ0v) is 9.54. The molecule has 0 unspecified atom stereocenters. The molecule has 0 N–H and O–H groups in total. The van der Waals surface area contributed by atoms with E-state index in [9.17, 15) is 0 Å². The molecule has 0 spiro atoms. The third kappa shape index (κ3) is 1.97. The van der Waals surface area contributed by atoms with Crippen molar-refractivity contribution in [3.8, 4) is 11.5 Å². The first-order valence-electron chi connectivity index (χ1n) is 3.49. The SMILES string of the molecule is Brc1cc(-c2ccc(Br)o2)ncn1. The van der Waals surface area contributed by atoms with E-state index in [1.165, 1.54) is 6.33 Å². The largest absolute Gasteiger partial charge is 0.448 e. The minimum atomic E-state index is 0.692. The lowest BCUT2D eigenvalue weighted by Gasteiger charge is -1.94. The lowest BCUT2D eigenvalue weighted by Crippen LogP contribution is -1.83. The molecule has 0 saturated heterocycles. The van der Waals surface area contributed by atoms with Crippen LogP contribution in [0.1, 0.15) is 0 Å². The lowest BCUT2D eigenvalue weighted by atomic mass is 10.3. The molecule has 2 aromatic rings. The quantitative estimate of drug-likeness (QED) is 0.759. The van der Waals surface area contributed by atoms with Crippen molar-refractivity contribution in [1.82, 2.24) is 9.97 Å². The van der Waals surface area contributed by atoms with E-state index in [2.05, 4.69) is 41.8 Å². The van der Waals surface area contributed by atoms with Crippen molar-refractivity contribution < 1.29 is 4.42 Å². The highest BCUT2D eigenvalue weighted by molar-refractivity contribution is 9.10. The van der Waals surface area contributed by atoms with Crippen molar-refractivity contribution in [2.75, 3.05) is 0 Å². The van der Waals surface area contributed by atoms with Gasteiger partial charge >= 0.3 is 0 Å². The molecule has 0 aliphatic carbocycles. The molecule has 0 aliphatic heterocycles. The third-order valence-electron chi connectivity index (χ3n) is 1.46. The Morgan fingerprint density at radius 1 is 1.15 bits per heavy atom. The van der Waals surface area contributed by atoms with Crippen molar-refractivity contribution in [1.29, 1.82) is 0 Å². The van der Waals surface area contributed by atoms with Crippen molar-refractivity contribution in [3.05, 3.63) is 33.8 Å². The summed E-state index contributed by atoms with van der Waals surface area (Å²) < 4.78 is 6.76. The van der Waals surface area contributed by atoms with E-state index in [1.807, 2.05) is 12.1 Å². The molecule has 0 saturated carbocycles. The highest BCUT2D eigenvalue weighted by Crippen LogP contribution is 2.24. The molecule has 2 rings (SSSR count). The van der Waals surface area contributed by atoms with Gasteiger partial charge in [0.25, 0.3) is 0 Å². The van der Waals surface area contributed by atoms with Gasteiger partial charge in [0.15, 0.2) is 10.4 Å². The van der Waals surface area contributed by atoms with Crippen LogP contribution in [0.3, 0.4) is 0 Å². The van der Waals surface area contributed by atoms with E-state index < -0.39 is 0 Å². The molecular weight excluding hydrogens is 300 g/mol. The fourth-order valence-electron chi connectivity index (χ4n) is 0.920. The van der Waals surface area contributed by atoms with Gasteiger partial charge < -0.3 is 4.42 Å². The Bertz CT molecular complexity index is 428. The van der Waals surface area contributed by atoms with E-state index in [0.717, 1.165) is 16.1 Å². The Kier molecular flexibility index (Phi) is 2.46. The van der Waals surface area contributed by atoms with Crippen LogP contribution < -0.4 is 0 Å². The zero-order valence-electron chi connectivity index (χ0n) is 6.37. The Morgan fingerprint density at radius 2 is 2.00 bits per heavy atom. The van der Waals surface area contributed by atoms with Gasteiger partial charge in [0, 0.05) is 6.07 Å². The number of furan rings is 1. The van der Waals surface area contributed by atoms with Gasteiger partial charge in [-0.15, -0.1) is 0 Å². The van der Waals surface area contributed by atoms with Crippen LogP contribution in [0.4, 0.5) is 0 Å². The molecule has 2 heterocycles. The molecule has 0 radical (unpaired) electrons. The summed E-state index contributed by atoms with van der Waals surface area (Å²) in [5.41, 5.74) is 0.757. The summed E-state index contributed by atoms with van der Waals surface area (Å²) >= 11 is 6.49. The second kappa shape index (κ2) is 3.59. The van der Waals surface area contributed by atoms with Crippen molar-refractivity contribution in [3.63, 3.8) is 0 Å². The molecule has 0 aromatic carbocycles. The van der Waals surface area contributed by atoms with Crippen LogP contribution >= 0.6 is 31.9 Å². The molecule has 2 aromatic heterocycles. The minimum absolute atomic E-state index is 0.692. The summed E-state index contributed by atoms with van der Waals surface area (Å²) in [5.74, 6) is 0.718. The zero-order chi connectivity index (χ0) is 9.26. The van der Waals surface area contributed by atoms with E-state index in [-0.39, 0.29) is 0 Å². The summed E-state index contributed by atoms with van der Waals surface area (Å²) in [6, 6.07) is 5.47. The highest BCUT2D eigenvalue weighted by atomic mass is 79.9. The molecule has 0 amide bonds. The number of aromatic nitrogens is 2. The fourth-order valence-corrected chi connectivity index (χ4v) is 1.54. The van der Waals surface area contributed by atoms with Gasteiger partial charge in [-0.05, 0) is 44.0 Å². The van der Waals surface area contributed by atoms with Gasteiger partial charge in [-0.2, -0.15) is 0 Å². The van der Waals surface area contributed by atoms with Gasteiger partial charge in [0.2, 0.25) is 0 Å². The Hall–Kier alpha value is -0.680. The standard InChI is InChI=1S/C8H4Br2N2O/c9-7-3-5(11-4-12-7)6-1-2-8(10)13-6/h1-4H. The summed E-state index contributed by atoms with van der Waals surface area (Å²) in [6.07, 6.45) is 1.48. The first-order valence-corrected chi connectivity index (χ1v) is 5.07. The van der Waals surface area contributed by atoms with Crippen LogP contribution in [0.2, 0.25) is 0 Å². The topological polar surface area (TPSA) is 38.9 Å². The minimum Gasteiger partial charge on any atom is -0.448 e. The third-order valence-corrected chi connectivity index (χ3v) is 2.32. The Labute approximate surface area is 91.5 Å². The van der Waals surface area contributed by atoms with Gasteiger partial charge in [0.1, 0.15) is 16.6 Å². The molecule has 0 bridgehead atoms. The van der Waals surface area contributed by atoms with Gasteiger partial charge in [-0.3, -0.25) is 0 Å². The normalized spacial score (nSPS) is 10.3. The number of hydrogen-bond acceptors (Lipinski definition) is 3. The van der Waals surface area contributed by atoms with Crippen LogP contribution in [0.15, 0.2) is 38.2 Å². The predicted molar refractivity (Wildman–Crippen MR) is 55.1 cm³/mol. The molecule has 3 nitrogen and oxygen atoms in total. The van der Waals surface area contributed by atoms with E-state index >= 15 is 0 Å². The molecule has 0 fully saturated rings. The number of nitrogens with zero attached hydrogens (tertiary/aromatic N) is 2. The van der Waals surface area contributed by atoms with Crippen molar-refractivity contribution in [2.45, 2.75) is 0 Å². The highest BCUT2D eigenvalue weighted by Gasteiger charge is 2.04. The monoisotopic (exact) mass is 302 g/mol. The second-order valence-electron chi connectivity index (χ2n) is 2.33.